The molecule has 27 heavy (non-hydrogen) atoms. The summed E-state index contributed by atoms with van der Waals surface area (Å²) < 4.78 is 5.81. The van der Waals surface area contributed by atoms with Gasteiger partial charge < -0.3 is 15.0 Å². The summed E-state index contributed by atoms with van der Waals surface area (Å²) in [6.45, 7) is 8.67. The van der Waals surface area contributed by atoms with E-state index in [2.05, 4.69) is 61.6 Å². The normalized spacial score (nSPS) is 16.5. The summed E-state index contributed by atoms with van der Waals surface area (Å²) in [5.74, 6) is 2.12. The van der Waals surface area contributed by atoms with Crippen LogP contribution in [0.4, 0.5) is 0 Å². The average Bonchev–Trinajstić information content (AvgIpc) is 2.66. The Kier molecular flexibility index (Phi) is 12.2. The zero-order valence-electron chi connectivity index (χ0n) is 17.0. The molecule has 0 radical (unpaired) electrons. The van der Waals surface area contributed by atoms with E-state index in [0.717, 1.165) is 57.4 Å². The topological polar surface area (TPSA) is 36.9 Å². The smallest absolute Gasteiger partial charge is 0.194 e. The highest BCUT2D eigenvalue weighted by molar-refractivity contribution is 14.0. The number of hydrogen-bond donors (Lipinski definition) is 1. The van der Waals surface area contributed by atoms with E-state index in [0.29, 0.717) is 0 Å². The van der Waals surface area contributed by atoms with Crippen molar-refractivity contribution in [3.63, 3.8) is 0 Å². The molecule has 0 atom stereocenters. The third-order valence-electron chi connectivity index (χ3n) is 4.65. The number of aliphatic imine (C=N–C) groups is 1. The average molecular weight is 524 g/mol. The first-order valence-corrected chi connectivity index (χ1v) is 11.7. The van der Waals surface area contributed by atoms with Gasteiger partial charge in [0.1, 0.15) is 0 Å². The van der Waals surface area contributed by atoms with Gasteiger partial charge in [-0.1, -0.05) is 19.1 Å². The largest absolute Gasteiger partial charge is 0.381 e. The molecule has 1 aromatic carbocycles. The minimum atomic E-state index is 0. The van der Waals surface area contributed by atoms with Gasteiger partial charge in [0.05, 0.1) is 6.54 Å². The van der Waals surface area contributed by atoms with Crippen molar-refractivity contribution in [1.29, 1.82) is 0 Å². The summed E-state index contributed by atoms with van der Waals surface area (Å²) in [7, 11) is 2.12. The van der Waals surface area contributed by atoms with Gasteiger partial charge in [-0.2, -0.15) is 11.8 Å². The van der Waals surface area contributed by atoms with E-state index in [9.17, 15) is 0 Å². The van der Waals surface area contributed by atoms with Crippen LogP contribution in [0.15, 0.2) is 34.2 Å². The Morgan fingerprint density at radius 2 is 1.89 bits per heavy atom. The standard InChI is InChI=1S/C20H33N3OS2.HI/c1-5-21-19(22-16-20(26-6-2)11-13-24-14-12-20)23(3)15-17-7-9-18(25-4)10-8-17;/h7-10H,5-6,11-16H2,1-4H3,(H,21,22);1H. The lowest BCUT2D eigenvalue weighted by molar-refractivity contribution is 0.0793. The van der Waals surface area contributed by atoms with Gasteiger partial charge >= 0.3 is 0 Å². The Morgan fingerprint density at radius 3 is 2.44 bits per heavy atom. The number of hydrogen-bond acceptors (Lipinski definition) is 4. The van der Waals surface area contributed by atoms with Crippen molar-refractivity contribution in [3.05, 3.63) is 29.8 Å². The number of halogens is 1. The number of benzene rings is 1. The van der Waals surface area contributed by atoms with Crippen molar-refractivity contribution in [2.24, 2.45) is 4.99 Å². The third-order valence-corrected chi connectivity index (χ3v) is 6.83. The first kappa shape index (κ1) is 24.9. The highest BCUT2D eigenvalue weighted by Crippen LogP contribution is 2.35. The van der Waals surface area contributed by atoms with E-state index in [1.807, 2.05) is 11.8 Å². The van der Waals surface area contributed by atoms with Crippen LogP contribution in [0, 0.1) is 0 Å². The summed E-state index contributed by atoms with van der Waals surface area (Å²) in [6.07, 6.45) is 4.29. The fourth-order valence-corrected chi connectivity index (χ4v) is 4.80. The quantitative estimate of drug-likeness (QED) is 0.231. The van der Waals surface area contributed by atoms with Crippen molar-refractivity contribution in [3.8, 4) is 0 Å². The first-order valence-electron chi connectivity index (χ1n) is 9.46. The molecule has 1 heterocycles. The Balaban J connectivity index is 0.00000364. The molecule has 7 heteroatoms. The van der Waals surface area contributed by atoms with E-state index in [1.165, 1.54) is 10.5 Å². The van der Waals surface area contributed by atoms with Gasteiger partial charge in [-0.05, 0) is 49.5 Å². The molecule has 0 spiro atoms. The summed E-state index contributed by atoms with van der Waals surface area (Å²) >= 11 is 3.82. The maximum absolute atomic E-state index is 5.58. The number of thioether (sulfide) groups is 2. The van der Waals surface area contributed by atoms with E-state index in [-0.39, 0.29) is 28.7 Å². The SMILES string of the molecule is CCNC(=NCC1(SCC)CCOCC1)N(C)Cc1ccc(SC)cc1.I. The molecule has 4 nitrogen and oxygen atoms in total. The van der Waals surface area contributed by atoms with E-state index < -0.39 is 0 Å². The van der Waals surface area contributed by atoms with Crippen LogP contribution in [0.3, 0.4) is 0 Å². The predicted octanol–water partition coefficient (Wildman–Crippen LogP) is 4.73. The highest BCUT2D eigenvalue weighted by atomic mass is 127. The van der Waals surface area contributed by atoms with Crippen molar-refractivity contribution in [2.45, 2.75) is 42.9 Å². The molecule has 0 amide bonds. The lowest BCUT2D eigenvalue weighted by atomic mass is 9.99. The van der Waals surface area contributed by atoms with Crippen LogP contribution >= 0.6 is 47.5 Å². The van der Waals surface area contributed by atoms with Crippen LogP contribution in [0.5, 0.6) is 0 Å². The van der Waals surface area contributed by atoms with Gasteiger partial charge in [0, 0.05) is 43.0 Å². The fraction of sp³-hybridized carbons (Fsp3) is 0.650. The Bertz CT molecular complexity index is 557. The minimum Gasteiger partial charge on any atom is -0.381 e. The highest BCUT2D eigenvalue weighted by Gasteiger charge is 2.32. The maximum Gasteiger partial charge on any atom is 0.194 e. The maximum atomic E-state index is 5.58. The molecule has 1 saturated heterocycles. The van der Waals surface area contributed by atoms with Gasteiger partial charge in [0.2, 0.25) is 0 Å². The molecule has 1 aliphatic heterocycles. The zero-order chi connectivity index (χ0) is 18.8. The number of nitrogens with zero attached hydrogens (tertiary/aromatic N) is 2. The molecule has 1 N–H and O–H groups in total. The Morgan fingerprint density at radius 1 is 1.22 bits per heavy atom. The van der Waals surface area contributed by atoms with Crippen LogP contribution < -0.4 is 5.32 Å². The molecule has 0 unspecified atom stereocenters. The summed E-state index contributed by atoms with van der Waals surface area (Å²) in [5.41, 5.74) is 1.31. The van der Waals surface area contributed by atoms with Gasteiger partial charge in [-0.25, -0.2) is 0 Å². The molecule has 0 saturated carbocycles. The number of guanidine groups is 1. The lowest BCUT2D eigenvalue weighted by Gasteiger charge is -2.35. The fourth-order valence-electron chi connectivity index (χ4n) is 3.17. The van der Waals surface area contributed by atoms with Gasteiger partial charge in [0.15, 0.2) is 5.96 Å². The monoisotopic (exact) mass is 523 g/mol. The van der Waals surface area contributed by atoms with Crippen LogP contribution in [0.1, 0.15) is 32.3 Å². The second-order valence-electron chi connectivity index (χ2n) is 6.60. The molecule has 0 aliphatic carbocycles. The molecular formula is C20H34IN3OS2. The number of nitrogens with one attached hydrogen (secondary N) is 1. The van der Waals surface area contributed by atoms with Crippen molar-refractivity contribution < 1.29 is 4.74 Å². The van der Waals surface area contributed by atoms with E-state index in [1.54, 1.807) is 11.8 Å². The summed E-state index contributed by atoms with van der Waals surface area (Å²) in [6, 6.07) is 8.79. The van der Waals surface area contributed by atoms with Crippen molar-refractivity contribution >= 4 is 53.5 Å². The Hall–Kier alpha value is -0.120. The van der Waals surface area contributed by atoms with Gasteiger partial charge in [-0.3, -0.25) is 4.99 Å². The predicted molar refractivity (Wildman–Crippen MR) is 132 cm³/mol. The Labute approximate surface area is 190 Å². The molecule has 1 aromatic rings. The molecular weight excluding hydrogens is 489 g/mol. The second kappa shape index (κ2) is 13.2. The first-order chi connectivity index (χ1) is 12.6. The minimum absolute atomic E-state index is 0. The summed E-state index contributed by atoms with van der Waals surface area (Å²) in [4.78, 5) is 8.53. The lowest BCUT2D eigenvalue weighted by Crippen LogP contribution is -2.41. The van der Waals surface area contributed by atoms with E-state index in [4.69, 9.17) is 9.73 Å². The van der Waals surface area contributed by atoms with Crippen molar-refractivity contribution in [1.82, 2.24) is 10.2 Å². The molecule has 154 valence electrons. The number of rotatable bonds is 8. The molecule has 1 aliphatic rings. The van der Waals surface area contributed by atoms with Crippen LogP contribution in [-0.4, -0.2) is 61.0 Å². The van der Waals surface area contributed by atoms with Gasteiger partial charge in [0.25, 0.3) is 0 Å². The second-order valence-corrected chi connectivity index (χ2v) is 9.21. The van der Waals surface area contributed by atoms with Crippen LogP contribution in [0.25, 0.3) is 0 Å². The van der Waals surface area contributed by atoms with Crippen LogP contribution in [-0.2, 0) is 11.3 Å². The number of ether oxygens (including phenoxy) is 1. The molecule has 1 fully saturated rings. The molecule has 0 aromatic heterocycles. The third kappa shape index (κ3) is 8.03. The van der Waals surface area contributed by atoms with E-state index >= 15 is 0 Å². The molecule has 0 bridgehead atoms. The molecule has 2 rings (SSSR count). The van der Waals surface area contributed by atoms with Crippen LogP contribution in [0.2, 0.25) is 0 Å². The zero-order valence-corrected chi connectivity index (χ0v) is 21.0. The van der Waals surface area contributed by atoms with Crippen molar-refractivity contribution in [2.75, 3.05) is 45.4 Å². The van der Waals surface area contributed by atoms with Gasteiger partial charge in [-0.15, -0.1) is 35.7 Å². The summed E-state index contributed by atoms with van der Waals surface area (Å²) in [5, 5.41) is 3.46.